The van der Waals surface area contributed by atoms with E-state index in [9.17, 15) is 9.59 Å². The van der Waals surface area contributed by atoms with Gasteiger partial charge in [0.2, 0.25) is 11.8 Å². The summed E-state index contributed by atoms with van der Waals surface area (Å²) in [7, 11) is 0. The summed E-state index contributed by atoms with van der Waals surface area (Å²) in [6.45, 7) is 6.13. The minimum absolute atomic E-state index is 0.100. The minimum atomic E-state index is 0.100. The maximum absolute atomic E-state index is 12.8. The second kappa shape index (κ2) is 6.32. The maximum Gasteiger partial charge on any atom is 0.226 e. The fourth-order valence-corrected chi connectivity index (χ4v) is 4.94. The molecule has 3 aliphatic rings. The topological polar surface area (TPSA) is 40.6 Å². The highest BCUT2D eigenvalue weighted by Crippen LogP contribution is 2.46. The fourth-order valence-electron chi connectivity index (χ4n) is 4.94. The van der Waals surface area contributed by atoms with E-state index in [-0.39, 0.29) is 17.9 Å². The molecule has 0 N–H and O–H groups in total. The van der Waals surface area contributed by atoms with Crippen LogP contribution in [0.5, 0.6) is 0 Å². The first-order valence-corrected chi connectivity index (χ1v) is 9.32. The molecule has 1 aromatic rings. The van der Waals surface area contributed by atoms with Crippen LogP contribution in [0, 0.1) is 24.7 Å². The lowest BCUT2D eigenvalue weighted by Crippen LogP contribution is -2.38. The summed E-state index contributed by atoms with van der Waals surface area (Å²) in [4.78, 5) is 29.1. The van der Waals surface area contributed by atoms with Crippen molar-refractivity contribution in [2.45, 2.75) is 32.7 Å². The Kier molecular flexibility index (Phi) is 4.14. The van der Waals surface area contributed by atoms with Crippen molar-refractivity contribution in [2.24, 2.45) is 17.8 Å². The van der Waals surface area contributed by atoms with E-state index in [0.717, 1.165) is 32.5 Å². The fraction of sp³-hybridized carbons (Fsp3) is 0.524. The number of aryl methyl sites for hydroxylation is 1. The molecule has 2 saturated heterocycles. The van der Waals surface area contributed by atoms with Gasteiger partial charge in [-0.3, -0.25) is 9.59 Å². The minimum Gasteiger partial charge on any atom is -0.342 e. The molecule has 2 heterocycles. The molecule has 0 aromatic heterocycles. The van der Waals surface area contributed by atoms with Crippen LogP contribution >= 0.6 is 0 Å². The Bertz CT molecular complexity index is 718. The third kappa shape index (κ3) is 2.78. The van der Waals surface area contributed by atoms with Crippen molar-refractivity contribution >= 4 is 11.8 Å². The highest BCUT2D eigenvalue weighted by atomic mass is 16.2. The quantitative estimate of drug-likeness (QED) is 0.778. The van der Waals surface area contributed by atoms with Gasteiger partial charge in [0.25, 0.3) is 0 Å². The van der Waals surface area contributed by atoms with Gasteiger partial charge in [0.1, 0.15) is 0 Å². The van der Waals surface area contributed by atoms with Crippen molar-refractivity contribution in [3.05, 3.63) is 47.5 Å². The van der Waals surface area contributed by atoms with Crippen molar-refractivity contribution in [3.63, 3.8) is 0 Å². The van der Waals surface area contributed by atoms with Crippen molar-refractivity contribution in [3.8, 4) is 0 Å². The lowest BCUT2D eigenvalue weighted by Gasteiger charge is -2.30. The SMILES string of the molecule is CC(=O)N1C[C@H]2CN(C(=O)C3CC=CC3)C[C@H]2[C@@H]1c1ccccc1C. The number of fused-ring (bicyclic) bond motifs is 1. The van der Waals surface area contributed by atoms with E-state index >= 15 is 0 Å². The largest absolute Gasteiger partial charge is 0.342 e. The zero-order chi connectivity index (χ0) is 17.6. The van der Waals surface area contributed by atoms with Crippen LogP contribution in [0.1, 0.15) is 36.9 Å². The van der Waals surface area contributed by atoms with E-state index in [0.29, 0.717) is 17.7 Å². The Morgan fingerprint density at radius 1 is 1.04 bits per heavy atom. The lowest BCUT2D eigenvalue weighted by atomic mass is 9.87. The number of rotatable bonds is 2. The van der Waals surface area contributed by atoms with Crippen LogP contribution in [-0.4, -0.2) is 41.2 Å². The summed E-state index contributed by atoms with van der Waals surface area (Å²) in [5.41, 5.74) is 2.46. The molecule has 1 aromatic carbocycles. The van der Waals surface area contributed by atoms with E-state index < -0.39 is 0 Å². The summed E-state index contributed by atoms with van der Waals surface area (Å²) in [6.07, 6.45) is 6.00. The van der Waals surface area contributed by atoms with Crippen molar-refractivity contribution in [1.29, 1.82) is 0 Å². The maximum atomic E-state index is 12.8. The van der Waals surface area contributed by atoms with Gasteiger partial charge < -0.3 is 9.80 Å². The van der Waals surface area contributed by atoms with Gasteiger partial charge in [0, 0.05) is 44.3 Å². The number of amides is 2. The molecular formula is C21H26N2O2. The van der Waals surface area contributed by atoms with Gasteiger partial charge in [-0.15, -0.1) is 0 Å². The lowest BCUT2D eigenvalue weighted by molar-refractivity contribution is -0.134. The van der Waals surface area contributed by atoms with Gasteiger partial charge >= 0.3 is 0 Å². The van der Waals surface area contributed by atoms with Crippen molar-refractivity contribution in [1.82, 2.24) is 9.80 Å². The molecule has 0 radical (unpaired) electrons. The predicted octanol–water partition coefficient (Wildman–Crippen LogP) is 2.94. The third-order valence-electron chi connectivity index (χ3n) is 6.24. The Morgan fingerprint density at radius 3 is 2.44 bits per heavy atom. The zero-order valence-corrected chi connectivity index (χ0v) is 15.0. The standard InChI is InChI=1S/C21H26N2O2/c1-14-7-3-6-10-18(14)20-19-13-22(21(25)16-8-4-5-9-16)11-17(19)12-23(20)15(2)24/h3-7,10,16-17,19-20H,8-9,11-13H2,1-2H3/t17-,19-,20+/m1/s1. The molecule has 0 bridgehead atoms. The predicted molar refractivity (Wildman–Crippen MR) is 96.7 cm³/mol. The van der Waals surface area contributed by atoms with Crippen LogP contribution in [0.2, 0.25) is 0 Å². The number of hydrogen-bond donors (Lipinski definition) is 0. The molecule has 2 fully saturated rings. The van der Waals surface area contributed by atoms with E-state index in [1.807, 2.05) is 11.0 Å². The molecule has 0 unspecified atom stereocenters. The first-order valence-electron chi connectivity index (χ1n) is 9.32. The average molecular weight is 338 g/mol. The van der Waals surface area contributed by atoms with Crippen molar-refractivity contribution in [2.75, 3.05) is 19.6 Å². The molecule has 1 aliphatic carbocycles. The van der Waals surface area contributed by atoms with E-state index in [1.54, 1.807) is 6.92 Å². The number of carbonyl (C=O) groups excluding carboxylic acids is 2. The molecule has 2 aliphatic heterocycles. The molecule has 0 saturated carbocycles. The number of benzene rings is 1. The van der Waals surface area contributed by atoms with Crippen LogP contribution < -0.4 is 0 Å². The normalized spacial score (nSPS) is 28.6. The van der Waals surface area contributed by atoms with Gasteiger partial charge in [-0.2, -0.15) is 0 Å². The molecule has 4 rings (SSSR count). The Balaban J connectivity index is 1.58. The first kappa shape index (κ1) is 16.4. The summed E-state index contributed by atoms with van der Waals surface area (Å²) in [6, 6.07) is 8.45. The third-order valence-corrected chi connectivity index (χ3v) is 6.24. The molecule has 0 spiro atoms. The smallest absolute Gasteiger partial charge is 0.226 e. The monoisotopic (exact) mass is 338 g/mol. The summed E-state index contributed by atoms with van der Waals surface area (Å²) >= 11 is 0. The van der Waals surface area contributed by atoms with Gasteiger partial charge in [0.05, 0.1) is 6.04 Å². The van der Waals surface area contributed by atoms with Gasteiger partial charge in [-0.1, -0.05) is 36.4 Å². The summed E-state index contributed by atoms with van der Waals surface area (Å²) in [5, 5.41) is 0. The molecule has 3 atom stereocenters. The highest BCUT2D eigenvalue weighted by Gasteiger charge is 2.50. The van der Waals surface area contributed by atoms with Crippen LogP contribution in [0.25, 0.3) is 0 Å². The average Bonchev–Trinajstić information content (AvgIpc) is 3.30. The van der Waals surface area contributed by atoms with Gasteiger partial charge in [-0.25, -0.2) is 0 Å². The van der Waals surface area contributed by atoms with E-state index in [1.165, 1.54) is 11.1 Å². The van der Waals surface area contributed by atoms with E-state index in [4.69, 9.17) is 0 Å². The molecule has 132 valence electrons. The number of likely N-dealkylation sites (tertiary alicyclic amines) is 2. The molecule has 4 nitrogen and oxygen atoms in total. The second-order valence-corrected chi connectivity index (χ2v) is 7.78. The Labute approximate surface area is 149 Å². The molecule has 25 heavy (non-hydrogen) atoms. The van der Waals surface area contributed by atoms with Gasteiger partial charge in [0.15, 0.2) is 0 Å². The number of allylic oxidation sites excluding steroid dienone is 2. The van der Waals surface area contributed by atoms with Crippen LogP contribution in [0.3, 0.4) is 0 Å². The van der Waals surface area contributed by atoms with Crippen LogP contribution in [0.4, 0.5) is 0 Å². The number of nitrogens with zero attached hydrogens (tertiary/aromatic N) is 2. The van der Waals surface area contributed by atoms with Crippen molar-refractivity contribution < 1.29 is 9.59 Å². The Hall–Kier alpha value is -2.10. The van der Waals surface area contributed by atoms with E-state index in [2.05, 4.69) is 42.2 Å². The number of carbonyl (C=O) groups is 2. The number of hydrogen-bond acceptors (Lipinski definition) is 2. The molecule has 2 amide bonds. The summed E-state index contributed by atoms with van der Waals surface area (Å²) in [5.74, 6) is 1.33. The Morgan fingerprint density at radius 2 is 1.76 bits per heavy atom. The first-order chi connectivity index (χ1) is 12.1. The second-order valence-electron chi connectivity index (χ2n) is 7.78. The van der Waals surface area contributed by atoms with Crippen LogP contribution in [0.15, 0.2) is 36.4 Å². The zero-order valence-electron chi connectivity index (χ0n) is 15.0. The van der Waals surface area contributed by atoms with Gasteiger partial charge in [-0.05, 0) is 30.9 Å². The van der Waals surface area contributed by atoms with Crippen LogP contribution in [-0.2, 0) is 9.59 Å². The summed E-state index contributed by atoms with van der Waals surface area (Å²) < 4.78 is 0. The highest BCUT2D eigenvalue weighted by molar-refractivity contribution is 5.80. The molecule has 4 heteroatoms. The molecular weight excluding hydrogens is 312 g/mol.